The van der Waals surface area contributed by atoms with Gasteiger partial charge < -0.3 is 15.4 Å². The van der Waals surface area contributed by atoms with Crippen molar-refractivity contribution < 1.29 is 4.74 Å². The van der Waals surface area contributed by atoms with E-state index in [9.17, 15) is 4.79 Å². The molecule has 6 nitrogen and oxygen atoms in total. The summed E-state index contributed by atoms with van der Waals surface area (Å²) in [7, 11) is 3.54. The van der Waals surface area contributed by atoms with Crippen molar-refractivity contribution in [1.82, 2.24) is 9.78 Å². The minimum absolute atomic E-state index is 0.126. The molecule has 0 radical (unpaired) electrons. The lowest BCUT2D eigenvalue weighted by Crippen LogP contribution is -2.27. The Balaban J connectivity index is 2.72. The van der Waals surface area contributed by atoms with E-state index in [1.165, 1.54) is 4.68 Å². The first kappa shape index (κ1) is 14.4. The van der Waals surface area contributed by atoms with E-state index in [-0.39, 0.29) is 5.56 Å². The summed E-state index contributed by atoms with van der Waals surface area (Å²) in [5.41, 5.74) is 5.99. The minimum atomic E-state index is -0.126. The van der Waals surface area contributed by atoms with Crippen LogP contribution < -0.4 is 16.2 Å². The first-order chi connectivity index (χ1) is 8.69. The van der Waals surface area contributed by atoms with E-state index < -0.39 is 0 Å². The maximum Gasteiger partial charge on any atom is 0.269 e. The van der Waals surface area contributed by atoms with Crippen molar-refractivity contribution in [3.8, 4) is 0 Å². The molecule has 0 spiro atoms. The number of rotatable bonds is 7. The Morgan fingerprint density at radius 1 is 1.56 bits per heavy atom. The topological polar surface area (TPSA) is 73.4 Å². The van der Waals surface area contributed by atoms with E-state index in [1.807, 2.05) is 18.0 Å². The summed E-state index contributed by atoms with van der Waals surface area (Å²) in [6.45, 7) is 2.23. The van der Waals surface area contributed by atoms with Crippen LogP contribution >= 0.6 is 0 Å². The lowest BCUT2D eigenvalue weighted by atomic mass is 10.4. The number of aromatic nitrogens is 2. The number of methoxy groups -OCH3 is 1. The van der Waals surface area contributed by atoms with Gasteiger partial charge in [0.2, 0.25) is 0 Å². The van der Waals surface area contributed by atoms with Crippen molar-refractivity contribution >= 4 is 5.69 Å². The average molecular weight is 252 g/mol. The summed E-state index contributed by atoms with van der Waals surface area (Å²) in [5, 5.41) is 4.11. The second-order valence-electron chi connectivity index (χ2n) is 3.86. The molecule has 1 rings (SSSR count). The fraction of sp³-hybridized carbons (Fsp3) is 0.500. The van der Waals surface area contributed by atoms with Crippen LogP contribution in [0.4, 0.5) is 5.69 Å². The molecule has 0 aliphatic carbocycles. The number of ether oxygens (including phenoxy) is 1. The van der Waals surface area contributed by atoms with Crippen molar-refractivity contribution in [2.75, 3.05) is 38.8 Å². The fourth-order valence-corrected chi connectivity index (χ4v) is 1.40. The monoisotopic (exact) mass is 252 g/mol. The molecule has 0 unspecified atom stereocenters. The van der Waals surface area contributed by atoms with Crippen molar-refractivity contribution in [3.05, 3.63) is 34.8 Å². The molecule has 0 saturated heterocycles. The molecule has 0 aliphatic rings. The SMILES string of the molecule is COCCN(C)c1cnn(C/C=C/CN)c(=O)c1. The van der Waals surface area contributed by atoms with Gasteiger partial charge in [-0.1, -0.05) is 12.2 Å². The number of likely N-dealkylation sites (N-methyl/N-ethyl adjacent to an activating group) is 1. The lowest BCUT2D eigenvalue weighted by molar-refractivity contribution is 0.206. The van der Waals surface area contributed by atoms with Crippen molar-refractivity contribution in [3.63, 3.8) is 0 Å². The summed E-state index contributed by atoms with van der Waals surface area (Å²) in [4.78, 5) is 13.7. The van der Waals surface area contributed by atoms with Crippen LogP contribution in [0.1, 0.15) is 0 Å². The summed E-state index contributed by atoms with van der Waals surface area (Å²) in [6.07, 6.45) is 5.29. The molecule has 0 aromatic carbocycles. The van der Waals surface area contributed by atoms with Gasteiger partial charge in [0.05, 0.1) is 25.0 Å². The Labute approximate surface area is 107 Å². The van der Waals surface area contributed by atoms with Gasteiger partial charge in [0.25, 0.3) is 5.56 Å². The van der Waals surface area contributed by atoms with Gasteiger partial charge in [-0.3, -0.25) is 4.79 Å². The van der Waals surface area contributed by atoms with E-state index in [1.54, 1.807) is 25.4 Å². The highest BCUT2D eigenvalue weighted by atomic mass is 16.5. The largest absolute Gasteiger partial charge is 0.383 e. The standard InChI is InChI=1S/C12H20N4O2/c1-15(7-8-18-2)11-9-12(17)16(14-10-11)6-4-3-5-13/h3-4,9-10H,5-8,13H2,1-2H3/b4-3+. The van der Waals surface area contributed by atoms with Crippen molar-refractivity contribution in [2.24, 2.45) is 5.73 Å². The summed E-state index contributed by atoms with van der Waals surface area (Å²) in [6, 6.07) is 1.57. The normalized spacial score (nSPS) is 11.1. The van der Waals surface area contributed by atoms with E-state index in [0.717, 1.165) is 5.69 Å². The molecule has 6 heteroatoms. The van der Waals surface area contributed by atoms with Gasteiger partial charge in [0, 0.05) is 33.3 Å². The second kappa shape index (κ2) is 7.62. The number of hydrogen-bond donors (Lipinski definition) is 1. The molecule has 1 aromatic heterocycles. The molecule has 1 aromatic rings. The summed E-state index contributed by atoms with van der Waals surface area (Å²) in [5.74, 6) is 0. The second-order valence-corrected chi connectivity index (χ2v) is 3.86. The molecule has 18 heavy (non-hydrogen) atoms. The molecule has 100 valence electrons. The van der Waals surface area contributed by atoms with Crippen LogP contribution in [-0.4, -0.2) is 43.6 Å². The Hall–Kier alpha value is -1.66. The number of nitrogens with zero attached hydrogens (tertiary/aromatic N) is 3. The maximum atomic E-state index is 11.8. The third kappa shape index (κ3) is 4.31. The van der Waals surface area contributed by atoms with Crippen LogP contribution in [-0.2, 0) is 11.3 Å². The first-order valence-electron chi connectivity index (χ1n) is 5.81. The zero-order valence-electron chi connectivity index (χ0n) is 10.9. The Kier molecular flexibility index (Phi) is 6.10. The van der Waals surface area contributed by atoms with Crippen LogP contribution in [0.5, 0.6) is 0 Å². The first-order valence-corrected chi connectivity index (χ1v) is 5.81. The van der Waals surface area contributed by atoms with Crippen LogP contribution in [0.2, 0.25) is 0 Å². The van der Waals surface area contributed by atoms with E-state index in [4.69, 9.17) is 10.5 Å². The zero-order chi connectivity index (χ0) is 13.4. The van der Waals surface area contributed by atoms with Crippen LogP contribution in [0.3, 0.4) is 0 Å². The number of allylic oxidation sites excluding steroid dienone is 1. The molecule has 0 aliphatic heterocycles. The smallest absolute Gasteiger partial charge is 0.269 e. The van der Waals surface area contributed by atoms with Gasteiger partial charge in [-0.2, -0.15) is 5.10 Å². The van der Waals surface area contributed by atoms with Crippen molar-refractivity contribution in [2.45, 2.75) is 6.54 Å². The lowest BCUT2D eigenvalue weighted by Gasteiger charge is -2.18. The molecule has 0 saturated carbocycles. The summed E-state index contributed by atoms with van der Waals surface area (Å²) < 4.78 is 6.38. The molecule has 0 bridgehead atoms. The van der Waals surface area contributed by atoms with E-state index in [0.29, 0.717) is 26.2 Å². The van der Waals surface area contributed by atoms with Gasteiger partial charge >= 0.3 is 0 Å². The third-order valence-electron chi connectivity index (χ3n) is 2.51. The van der Waals surface area contributed by atoms with Gasteiger partial charge in [-0.15, -0.1) is 0 Å². The highest BCUT2D eigenvalue weighted by molar-refractivity contribution is 5.41. The van der Waals surface area contributed by atoms with Gasteiger partial charge in [0.1, 0.15) is 0 Å². The van der Waals surface area contributed by atoms with E-state index >= 15 is 0 Å². The third-order valence-corrected chi connectivity index (χ3v) is 2.51. The molecule has 1 heterocycles. The number of nitrogens with two attached hydrogens (primary N) is 1. The Bertz CT molecular complexity index is 442. The molecular weight excluding hydrogens is 232 g/mol. The summed E-state index contributed by atoms with van der Waals surface area (Å²) >= 11 is 0. The Morgan fingerprint density at radius 3 is 2.94 bits per heavy atom. The average Bonchev–Trinajstić information content (AvgIpc) is 2.38. The highest BCUT2D eigenvalue weighted by Gasteiger charge is 2.03. The zero-order valence-corrected chi connectivity index (χ0v) is 10.9. The van der Waals surface area contributed by atoms with Gasteiger partial charge in [-0.25, -0.2) is 4.68 Å². The molecule has 2 N–H and O–H groups in total. The molecular formula is C12H20N4O2. The van der Waals surface area contributed by atoms with Crippen LogP contribution in [0, 0.1) is 0 Å². The highest BCUT2D eigenvalue weighted by Crippen LogP contribution is 2.05. The predicted octanol–water partition coefficient (Wildman–Crippen LogP) is -0.159. The molecule has 0 atom stereocenters. The van der Waals surface area contributed by atoms with Gasteiger partial charge in [-0.05, 0) is 0 Å². The van der Waals surface area contributed by atoms with Crippen molar-refractivity contribution in [1.29, 1.82) is 0 Å². The molecule has 0 amide bonds. The fourth-order valence-electron chi connectivity index (χ4n) is 1.40. The van der Waals surface area contributed by atoms with Crippen LogP contribution in [0.15, 0.2) is 29.2 Å². The number of anilines is 1. The van der Waals surface area contributed by atoms with Crippen LogP contribution in [0.25, 0.3) is 0 Å². The number of hydrogen-bond acceptors (Lipinski definition) is 5. The van der Waals surface area contributed by atoms with Gasteiger partial charge in [0.15, 0.2) is 0 Å². The maximum absolute atomic E-state index is 11.8. The Morgan fingerprint density at radius 2 is 2.33 bits per heavy atom. The van der Waals surface area contributed by atoms with E-state index in [2.05, 4.69) is 5.10 Å². The molecule has 0 fully saturated rings. The predicted molar refractivity (Wildman–Crippen MR) is 71.8 cm³/mol. The minimum Gasteiger partial charge on any atom is -0.383 e. The quantitative estimate of drug-likeness (QED) is 0.683.